The van der Waals surface area contributed by atoms with Crippen LogP contribution in [0.4, 0.5) is 5.69 Å². The molecule has 2 aromatic carbocycles. The Hall–Kier alpha value is -4.21. The third-order valence-electron chi connectivity index (χ3n) is 6.09. The highest BCUT2D eigenvalue weighted by molar-refractivity contribution is 6.34. The van der Waals surface area contributed by atoms with Crippen LogP contribution in [-0.4, -0.2) is 59.8 Å². The second-order valence-corrected chi connectivity index (χ2v) is 8.92. The number of amides is 2. The predicted octanol–water partition coefficient (Wildman–Crippen LogP) is 4.58. The van der Waals surface area contributed by atoms with Crippen LogP contribution < -0.4 is 5.01 Å². The summed E-state index contributed by atoms with van der Waals surface area (Å²) in [5, 5.41) is 15.1. The molecule has 2 aliphatic heterocycles. The Morgan fingerprint density at radius 2 is 1.86 bits per heavy atom. The second-order valence-electron chi connectivity index (χ2n) is 8.52. The van der Waals surface area contributed by atoms with E-state index in [0.29, 0.717) is 70.9 Å². The Morgan fingerprint density at radius 3 is 2.62 bits per heavy atom. The third kappa shape index (κ3) is 4.91. The van der Waals surface area contributed by atoms with E-state index in [9.17, 15) is 19.5 Å². The van der Waals surface area contributed by atoms with E-state index in [0.717, 1.165) is 0 Å². The van der Waals surface area contributed by atoms with Crippen LogP contribution >= 0.6 is 11.6 Å². The van der Waals surface area contributed by atoms with Crippen molar-refractivity contribution in [3.8, 4) is 11.3 Å². The fourth-order valence-corrected chi connectivity index (χ4v) is 4.34. The van der Waals surface area contributed by atoms with Crippen LogP contribution in [0.2, 0.25) is 5.02 Å². The molecule has 0 atom stereocenters. The molecule has 1 saturated heterocycles. The van der Waals surface area contributed by atoms with E-state index >= 15 is 0 Å². The number of furan rings is 1. The van der Waals surface area contributed by atoms with Crippen molar-refractivity contribution in [2.24, 2.45) is 5.10 Å². The molecule has 1 fully saturated rings. The Labute approximate surface area is 217 Å². The maximum absolute atomic E-state index is 13.1. The van der Waals surface area contributed by atoms with E-state index in [2.05, 4.69) is 5.10 Å². The highest BCUT2D eigenvalue weighted by Crippen LogP contribution is 2.30. The number of hydrazone groups is 1. The summed E-state index contributed by atoms with van der Waals surface area (Å²) in [4.78, 5) is 39.1. The summed E-state index contributed by atoms with van der Waals surface area (Å²) in [5.41, 5.74) is 2.24. The average molecular weight is 520 g/mol. The van der Waals surface area contributed by atoms with E-state index in [-0.39, 0.29) is 11.5 Å². The molecule has 0 unspecified atom stereocenters. The largest absolute Gasteiger partial charge is 0.478 e. The van der Waals surface area contributed by atoms with E-state index in [1.165, 1.54) is 17.1 Å². The molecular formula is C27H22ClN3O6. The van der Waals surface area contributed by atoms with Gasteiger partial charge in [-0.3, -0.25) is 9.59 Å². The molecule has 0 bridgehead atoms. The third-order valence-corrected chi connectivity index (χ3v) is 6.42. The molecule has 0 aliphatic carbocycles. The highest BCUT2D eigenvalue weighted by Gasteiger charge is 2.29. The molecule has 2 amide bonds. The number of nitrogens with zero attached hydrogens (tertiary/aromatic N) is 3. The number of hydrogen-bond acceptors (Lipinski definition) is 6. The van der Waals surface area contributed by atoms with Crippen LogP contribution in [0.15, 0.2) is 69.7 Å². The summed E-state index contributed by atoms with van der Waals surface area (Å²) in [6.45, 7) is 3.68. The molecule has 188 valence electrons. The molecule has 3 aromatic rings. The fourth-order valence-electron chi connectivity index (χ4n) is 4.14. The van der Waals surface area contributed by atoms with E-state index in [1.54, 1.807) is 60.4 Å². The van der Waals surface area contributed by atoms with Crippen LogP contribution in [0, 0.1) is 0 Å². The minimum atomic E-state index is -1.09. The summed E-state index contributed by atoms with van der Waals surface area (Å²) in [6.07, 6.45) is 1.58. The number of benzene rings is 2. The summed E-state index contributed by atoms with van der Waals surface area (Å²) in [5.74, 6) is -0.733. The quantitative estimate of drug-likeness (QED) is 0.494. The molecule has 0 spiro atoms. The van der Waals surface area contributed by atoms with Crippen LogP contribution in [0.5, 0.6) is 0 Å². The number of carbonyl (C=O) groups excluding carboxylic acids is 2. The number of carbonyl (C=O) groups is 3. The first kappa shape index (κ1) is 24.5. The van der Waals surface area contributed by atoms with Gasteiger partial charge in [0.1, 0.15) is 11.5 Å². The maximum Gasteiger partial charge on any atom is 0.335 e. The molecule has 3 heterocycles. The fraction of sp³-hybridized carbons (Fsp3) is 0.185. The van der Waals surface area contributed by atoms with Crippen molar-refractivity contribution in [2.45, 2.75) is 6.92 Å². The molecule has 1 aromatic heterocycles. The van der Waals surface area contributed by atoms with Gasteiger partial charge in [0.05, 0.1) is 46.3 Å². The van der Waals surface area contributed by atoms with Gasteiger partial charge in [-0.2, -0.15) is 10.1 Å². The van der Waals surface area contributed by atoms with E-state index in [4.69, 9.17) is 20.8 Å². The van der Waals surface area contributed by atoms with Crippen molar-refractivity contribution >= 4 is 46.9 Å². The van der Waals surface area contributed by atoms with Gasteiger partial charge in [0, 0.05) is 18.7 Å². The number of halogens is 1. The van der Waals surface area contributed by atoms with Crippen molar-refractivity contribution < 1.29 is 28.6 Å². The average Bonchev–Trinajstić information content (AvgIpc) is 3.49. The SMILES string of the molecule is CC1=NN(c2cccc(C(=O)O)c2)C(=O)/C1=C/c1ccc(-c2ccc(Cl)c(C(=O)N3CCOCC3)c2)o1. The van der Waals surface area contributed by atoms with Gasteiger partial charge in [-0.25, -0.2) is 4.79 Å². The molecule has 0 saturated carbocycles. The van der Waals surface area contributed by atoms with Gasteiger partial charge in [-0.1, -0.05) is 17.7 Å². The normalized spacial score (nSPS) is 16.9. The summed E-state index contributed by atoms with van der Waals surface area (Å²) in [6, 6.07) is 14.6. The van der Waals surface area contributed by atoms with E-state index in [1.807, 2.05) is 0 Å². The molecule has 0 radical (unpaired) electrons. The molecule has 1 N–H and O–H groups in total. The predicted molar refractivity (Wildman–Crippen MR) is 138 cm³/mol. The lowest BCUT2D eigenvalue weighted by Gasteiger charge is -2.27. The zero-order valence-corrected chi connectivity index (χ0v) is 20.6. The molecular weight excluding hydrogens is 498 g/mol. The standard InChI is InChI=1S/C27H22ClN3O6/c1-16-21(26(33)31(29-16)19-4-2-3-18(13-19)27(34)35)15-20-6-8-24(37-20)17-5-7-23(28)22(14-17)25(32)30-9-11-36-12-10-30/h2-8,13-15H,9-12H2,1H3,(H,34,35)/b21-15+. The Bertz CT molecular complexity index is 1470. The Balaban J connectivity index is 1.39. The van der Waals surface area contributed by atoms with Gasteiger partial charge in [-0.15, -0.1) is 0 Å². The van der Waals surface area contributed by atoms with Crippen LogP contribution in [0.1, 0.15) is 33.4 Å². The number of morpholine rings is 1. The minimum absolute atomic E-state index is 0.0562. The van der Waals surface area contributed by atoms with Crippen molar-refractivity contribution in [1.82, 2.24) is 4.90 Å². The van der Waals surface area contributed by atoms with Crippen molar-refractivity contribution in [2.75, 3.05) is 31.3 Å². The first-order valence-electron chi connectivity index (χ1n) is 11.5. The zero-order chi connectivity index (χ0) is 26.1. The number of rotatable bonds is 5. The Morgan fingerprint density at radius 1 is 1.08 bits per heavy atom. The van der Waals surface area contributed by atoms with Gasteiger partial charge in [0.2, 0.25) is 0 Å². The first-order chi connectivity index (χ1) is 17.8. The first-order valence-corrected chi connectivity index (χ1v) is 11.9. The smallest absolute Gasteiger partial charge is 0.335 e. The number of carboxylic acid groups (broad SMARTS) is 1. The summed E-state index contributed by atoms with van der Waals surface area (Å²) in [7, 11) is 0. The van der Waals surface area contributed by atoms with Crippen molar-refractivity contribution in [3.63, 3.8) is 0 Å². The zero-order valence-electron chi connectivity index (χ0n) is 19.8. The number of ether oxygens (including phenoxy) is 1. The second kappa shape index (κ2) is 10.0. The van der Waals surface area contributed by atoms with Crippen LogP contribution in [-0.2, 0) is 9.53 Å². The molecule has 2 aliphatic rings. The maximum atomic E-state index is 13.1. The lowest BCUT2D eigenvalue weighted by molar-refractivity contribution is -0.114. The van der Waals surface area contributed by atoms with Gasteiger partial charge in [-0.05, 0) is 61.5 Å². The number of aromatic carboxylic acids is 1. The lowest BCUT2D eigenvalue weighted by Crippen LogP contribution is -2.40. The van der Waals surface area contributed by atoms with Gasteiger partial charge in [0.25, 0.3) is 11.8 Å². The Kier molecular flexibility index (Phi) is 6.64. The minimum Gasteiger partial charge on any atom is -0.478 e. The number of hydrogen-bond donors (Lipinski definition) is 1. The topological polar surface area (TPSA) is 113 Å². The summed E-state index contributed by atoms with van der Waals surface area (Å²) < 4.78 is 11.3. The monoisotopic (exact) mass is 519 g/mol. The van der Waals surface area contributed by atoms with E-state index < -0.39 is 11.9 Å². The van der Waals surface area contributed by atoms with Gasteiger partial charge < -0.3 is 19.2 Å². The van der Waals surface area contributed by atoms with Crippen molar-refractivity contribution in [1.29, 1.82) is 0 Å². The molecule has 10 heteroatoms. The van der Waals surface area contributed by atoms with Gasteiger partial charge >= 0.3 is 5.97 Å². The molecule has 5 rings (SSSR count). The van der Waals surface area contributed by atoms with Crippen molar-refractivity contribution in [3.05, 3.63) is 82.1 Å². The van der Waals surface area contributed by atoms with Crippen LogP contribution in [0.3, 0.4) is 0 Å². The van der Waals surface area contributed by atoms with Gasteiger partial charge in [0.15, 0.2) is 0 Å². The highest BCUT2D eigenvalue weighted by atomic mass is 35.5. The van der Waals surface area contributed by atoms with Crippen LogP contribution in [0.25, 0.3) is 17.4 Å². The lowest BCUT2D eigenvalue weighted by atomic mass is 10.1. The number of anilines is 1. The molecule has 37 heavy (non-hydrogen) atoms. The summed E-state index contributed by atoms with van der Waals surface area (Å²) >= 11 is 6.33. The number of carboxylic acids is 1. The molecule has 9 nitrogen and oxygen atoms in total.